The lowest BCUT2D eigenvalue weighted by Crippen LogP contribution is -2.54. The first-order valence-corrected chi connectivity index (χ1v) is 10.7. The van der Waals surface area contributed by atoms with Gasteiger partial charge in [0.1, 0.15) is 17.7 Å². The van der Waals surface area contributed by atoms with Crippen LogP contribution in [0.15, 0.2) is 24.4 Å². The number of piperazine rings is 1. The van der Waals surface area contributed by atoms with Gasteiger partial charge in [-0.1, -0.05) is 0 Å². The molecule has 2 N–H and O–H groups in total. The van der Waals surface area contributed by atoms with E-state index in [0.717, 1.165) is 29.7 Å². The molecule has 31 heavy (non-hydrogen) atoms. The van der Waals surface area contributed by atoms with Gasteiger partial charge in [-0.3, -0.25) is 4.79 Å². The topological polar surface area (TPSA) is 108 Å². The summed E-state index contributed by atoms with van der Waals surface area (Å²) in [5, 5.41) is 9.88. The van der Waals surface area contributed by atoms with Gasteiger partial charge in [0.15, 0.2) is 0 Å². The third-order valence-corrected chi connectivity index (χ3v) is 5.98. The van der Waals surface area contributed by atoms with E-state index in [2.05, 4.69) is 16.0 Å². The van der Waals surface area contributed by atoms with Crippen molar-refractivity contribution in [2.75, 3.05) is 44.0 Å². The van der Waals surface area contributed by atoms with Crippen LogP contribution < -0.4 is 10.6 Å². The number of ether oxygens (including phenoxy) is 1. The number of carbonyl (C=O) groups is 1. The highest BCUT2D eigenvalue weighted by molar-refractivity contribution is 5.77. The minimum atomic E-state index is 0.0387. The van der Waals surface area contributed by atoms with E-state index in [4.69, 9.17) is 15.5 Å². The fourth-order valence-electron chi connectivity index (χ4n) is 4.16. The normalized spacial score (nSPS) is 18.7. The van der Waals surface area contributed by atoms with Crippen LogP contribution in [0.3, 0.4) is 0 Å². The molecule has 1 amide bonds. The number of methoxy groups -OCH3 is 1. The molecule has 2 aliphatic rings. The summed E-state index contributed by atoms with van der Waals surface area (Å²) in [7, 11) is 1.60. The molecule has 0 aromatic carbocycles. The van der Waals surface area contributed by atoms with Crippen molar-refractivity contribution < 1.29 is 9.53 Å². The molecule has 1 atom stereocenters. The molecule has 3 heterocycles. The number of amides is 1. The molecule has 2 aromatic heterocycles. The molecule has 4 rings (SSSR count). The summed E-state index contributed by atoms with van der Waals surface area (Å²) < 4.78 is 5.04. The van der Waals surface area contributed by atoms with Gasteiger partial charge in [0.05, 0.1) is 24.3 Å². The van der Waals surface area contributed by atoms with E-state index in [9.17, 15) is 10.1 Å². The minimum Gasteiger partial charge on any atom is -0.384 e. The van der Waals surface area contributed by atoms with Gasteiger partial charge in [0.2, 0.25) is 5.91 Å². The lowest BCUT2D eigenvalue weighted by molar-refractivity contribution is -0.134. The second-order valence-corrected chi connectivity index (χ2v) is 8.28. The first-order valence-electron chi connectivity index (χ1n) is 10.7. The van der Waals surface area contributed by atoms with Gasteiger partial charge >= 0.3 is 0 Å². The van der Waals surface area contributed by atoms with Crippen molar-refractivity contribution in [3.8, 4) is 17.2 Å². The van der Waals surface area contributed by atoms with Crippen LogP contribution in [-0.4, -0.2) is 60.2 Å². The Morgan fingerprint density at radius 3 is 2.77 bits per heavy atom. The molecule has 8 heteroatoms. The fourth-order valence-corrected chi connectivity index (χ4v) is 4.16. The monoisotopic (exact) mass is 420 g/mol. The molecule has 0 spiro atoms. The quantitative estimate of drug-likeness (QED) is 0.765. The second-order valence-electron chi connectivity index (χ2n) is 8.28. The molecule has 162 valence electrons. The van der Waals surface area contributed by atoms with Gasteiger partial charge in [-0.05, 0) is 38.0 Å². The van der Waals surface area contributed by atoms with Crippen LogP contribution in [0.5, 0.6) is 0 Å². The van der Waals surface area contributed by atoms with Gasteiger partial charge in [0.25, 0.3) is 0 Å². The largest absolute Gasteiger partial charge is 0.384 e. The SMILES string of the molecule is COCCC(=O)N1CCN(c2nc(C3CC3)c(-c3ccc(N)nc3)cc2C#N)CC1C. The third-order valence-electron chi connectivity index (χ3n) is 5.98. The number of carbonyl (C=O) groups excluding carboxylic acids is 1. The lowest BCUT2D eigenvalue weighted by Gasteiger charge is -2.41. The average molecular weight is 421 g/mol. The summed E-state index contributed by atoms with van der Waals surface area (Å²) in [5.74, 6) is 1.70. The highest BCUT2D eigenvalue weighted by Gasteiger charge is 2.33. The highest BCUT2D eigenvalue weighted by atomic mass is 16.5. The zero-order chi connectivity index (χ0) is 22.0. The summed E-state index contributed by atoms with van der Waals surface area (Å²) in [6, 6.07) is 8.00. The molecular formula is C23H28N6O2. The summed E-state index contributed by atoms with van der Waals surface area (Å²) >= 11 is 0. The Bertz CT molecular complexity index is 996. The van der Waals surface area contributed by atoms with Crippen LogP contribution >= 0.6 is 0 Å². The number of nitrogens with two attached hydrogens (primary N) is 1. The van der Waals surface area contributed by atoms with E-state index in [1.807, 2.05) is 24.0 Å². The first-order chi connectivity index (χ1) is 15.0. The number of nitriles is 1. The zero-order valence-electron chi connectivity index (χ0n) is 18.0. The number of pyridine rings is 2. The van der Waals surface area contributed by atoms with Crippen LogP contribution in [0.2, 0.25) is 0 Å². The van der Waals surface area contributed by atoms with Gasteiger partial charge in [-0.15, -0.1) is 0 Å². The van der Waals surface area contributed by atoms with E-state index in [0.29, 0.717) is 55.8 Å². The molecule has 1 aliphatic heterocycles. The zero-order valence-corrected chi connectivity index (χ0v) is 18.0. The standard InChI is InChI=1S/C23H28N6O2/c1-15-14-28(8-9-29(15)21(30)7-10-31-2)23-18(12-24)11-19(22(27-23)16-3-4-16)17-5-6-20(25)26-13-17/h5-6,11,13,15-16H,3-4,7-10,14H2,1-2H3,(H2,25,26). The van der Waals surface area contributed by atoms with E-state index < -0.39 is 0 Å². The maximum absolute atomic E-state index is 12.5. The first kappa shape index (κ1) is 21.1. The van der Waals surface area contributed by atoms with Gasteiger partial charge in [0, 0.05) is 56.0 Å². The Kier molecular flexibility index (Phi) is 6.05. The highest BCUT2D eigenvalue weighted by Crippen LogP contribution is 2.45. The maximum Gasteiger partial charge on any atom is 0.225 e. The van der Waals surface area contributed by atoms with Crippen molar-refractivity contribution in [3.05, 3.63) is 35.7 Å². The Morgan fingerprint density at radius 2 is 2.16 bits per heavy atom. The fraction of sp³-hybridized carbons (Fsp3) is 0.478. The van der Waals surface area contributed by atoms with E-state index in [1.54, 1.807) is 19.4 Å². The van der Waals surface area contributed by atoms with Crippen molar-refractivity contribution >= 4 is 17.5 Å². The molecule has 1 unspecified atom stereocenters. The smallest absolute Gasteiger partial charge is 0.225 e. The summed E-state index contributed by atoms with van der Waals surface area (Å²) in [5.41, 5.74) is 9.19. The van der Waals surface area contributed by atoms with Crippen molar-refractivity contribution in [2.45, 2.75) is 38.1 Å². The number of nitrogens with zero attached hydrogens (tertiary/aromatic N) is 5. The third kappa shape index (κ3) is 4.47. The number of aromatic nitrogens is 2. The number of nitrogen functional groups attached to an aromatic ring is 1. The van der Waals surface area contributed by atoms with Crippen LogP contribution in [0, 0.1) is 11.3 Å². The summed E-state index contributed by atoms with van der Waals surface area (Å²) in [4.78, 5) is 25.7. The van der Waals surface area contributed by atoms with Crippen molar-refractivity contribution in [1.82, 2.24) is 14.9 Å². The molecule has 2 aromatic rings. The van der Waals surface area contributed by atoms with Crippen molar-refractivity contribution in [2.24, 2.45) is 0 Å². The van der Waals surface area contributed by atoms with Crippen molar-refractivity contribution in [3.63, 3.8) is 0 Å². The Labute approximate surface area is 182 Å². The van der Waals surface area contributed by atoms with Gasteiger partial charge < -0.3 is 20.3 Å². The Hall–Kier alpha value is -3.18. The van der Waals surface area contributed by atoms with Crippen molar-refractivity contribution in [1.29, 1.82) is 5.26 Å². The lowest BCUT2D eigenvalue weighted by atomic mass is 10.00. The van der Waals surface area contributed by atoms with E-state index in [1.165, 1.54) is 0 Å². The minimum absolute atomic E-state index is 0.0387. The van der Waals surface area contributed by atoms with Gasteiger partial charge in [-0.25, -0.2) is 9.97 Å². The average Bonchev–Trinajstić information content (AvgIpc) is 3.62. The van der Waals surface area contributed by atoms with Crippen LogP contribution in [0.1, 0.15) is 43.4 Å². The number of hydrogen-bond donors (Lipinski definition) is 1. The molecule has 2 fully saturated rings. The summed E-state index contributed by atoms with van der Waals surface area (Å²) in [6.45, 7) is 4.38. The van der Waals surface area contributed by atoms with E-state index >= 15 is 0 Å². The van der Waals surface area contributed by atoms with Gasteiger partial charge in [-0.2, -0.15) is 5.26 Å². The summed E-state index contributed by atoms with van der Waals surface area (Å²) in [6.07, 6.45) is 4.34. The molecule has 1 aliphatic carbocycles. The van der Waals surface area contributed by atoms with Crippen LogP contribution in [0.4, 0.5) is 11.6 Å². The molecule has 0 radical (unpaired) electrons. The molecule has 1 saturated carbocycles. The molecule has 1 saturated heterocycles. The molecule has 8 nitrogen and oxygen atoms in total. The second kappa shape index (κ2) is 8.90. The molecular weight excluding hydrogens is 392 g/mol. The number of hydrogen-bond acceptors (Lipinski definition) is 7. The molecule has 0 bridgehead atoms. The Morgan fingerprint density at radius 1 is 1.35 bits per heavy atom. The number of anilines is 2. The predicted molar refractivity (Wildman–Crippen MR) is 118 cm³/mol. The maximum atomic E-state index is 12.5. The van der Waals surface area contributed by atoms with Crippen LogP contribution in [0.25, 0.3) is 11.1 Å². The Balaban J connectivity index is 1.62. The predicted octanol–water partition coefficient (Wildman–Crippen LogP) is 2.55. The van der Waals surface area contributed by atoms with Crippen LogP contribution in [-0.2, 0) is 9.53 Å². The van der Waals surface area contributed by atoms with E-state index in [-0.39, 0.29) is 11.9 Å². The number of rotatable bonds is 6.